The molecule has 0 nitrogen and oxygen atoms in total. The fourth-order valence-electron chi connectivity index (χ4n) is 0.523. The van der Waals surface area contributed by atoms with Crippen molar-refractivity contribution in [3.05, 3.63) is 23.8 Å². The molecule has 52 valence electrons. The summed E-state index contributed by atoms with van der Waals surface area (Å²) < 4.78 is 0. The summed E-state index contributed by atoms with van der Waals surface area (Å²) in [6, 6.07) is 0. The summed E-state index contributed by atoms with van der Waals surface area (Å²) in [5, 5.41) is 0. The molecule has 0 aliphatic carbocycles. The smallest absolute Gasteiger partial charge is 0.0350 e. The molecule has 0 saturated heterocycles. The van der Waals surface area contributed by atoms with Crippen molar-refractivity contribution in [1.29, 1.82) is 0 Å². The molecule has 0 heteroatoms. The summed E-state index contributed by atoms with van der Waals surface area (Å²) in [6.45, 7) is 6.40. The zero-order chi connectivity index (χ0) is 7.11. The number of allylic oxidation sites excluding steroid dienone is 4. The minimum atomic E-state index is 1.20. The first kappa shape index (κ1) is 8.48. The Balaban J connectivity index is 3.35. The summed E-state index contributed by atoms with van der Waals surface area (Å²) in [4.78, 5) is 0. The third kappa shape index (κ3) is 7.48. The Hall–Kier alpha value is -0.520. The lowest BCUT2D eigenvalue weighted by Crippen LogP contribution is -1.61. The third-order valence-corrected chi connectivity index (χ3v) is 1.02. The first-order valence-electron chi connectivity index (χ1n) is 3.57. The van der Waals surface area contributed by atoms with Gasteiger partial charge in [0.1, 0.15) is 0 Å². The summed E-state index contributed by atoms with van der Waals surface area (Å²) in [5.74, 6) is 0. The molecule has 0 fully saturated rings. The maximum absolute atomic E-state index is 2.20. The van der Waals surface area contributed by atoms with Gasteiger partial charge in [-0.3, -0.25) is 0 Å². The third-order valence-electron chi connectivity index (χ3n) is 1.02. The summed E-state index contributed by atoms with van der Waals surface area (Å²) in [7, 11) is 0. The second kappa shape index (κ2) is 5.61. The molecule has 0 aromatic rings. The van der Waals surface area contributed by atoms with Crippen LogP contribution in [0, 0.1) is 0 Å². The van der Waals surface area contributed by atoms with Crippen LogP contribution < -0.4 is 0 Å². The van der Waals surface area contributed by atoms with E-state index in [1.165, 1.54) is 18.4 Å². The van der Waals surface area contributed by atoms with Gasteiger partial charge < -0.3 is 0 Å². The van der Waals surface area contributed by atoms with Gasteiger partial charge in [-0.05, 0) is 20.3 Å². The molecule has 0 spiro atoms. The van der Waals surface area contributed by atoms with E-state index in [4.69, 9.17) is 0 Å². The zero-order valence-electron chi connectivity index (χ0n) is 6.65. The minimum absolute atomic E-state index is 1.20. The molecule has 0 bridgehead atoms. The van der Waals surface area contributed by atoms with Gasteiger partial charge in [0.2, 0.25) is 0 Å². The van der Waals surface area contributed by atoms with Crippen LogP contribution >= 0.6 is 0 Å². The number of hydrogen-bond acceptors (Lipinski definition) is 0. The van der Waals surface area contributed by atoms with Gasteiger partial charge >= 0.3 is 0 Å². The van der Waals surface area contributed by atoms with Gasteiger partial charge in [0.05, 0.1) is 0 Å². The SMILES string of the molecule is CCCC=CC=C(C)C. The van der Waals surface area contributed by atoms with Gasteiger partial charge in [-0.15, -0.1) is 0 Å². The Morgan fingerprint density at radius 1 is 1.33 bits per heavy atom. The Labute approximate surface area is 58.3 Å². The van der Waals surface area contributed by atoms with E-state index in [-0.39, 0.29) is 0 Å². The second-order valence-corrected chi connectivity index (χ2v) is 2.46. The van der Waals surface area contributed by atoms with Crippen LogP contribution in [0.15, 0.2) is 23.8 Å². The highest BCUT2D eigenvalue weighted by atomic mass is 13.8. The average molecular weight is 124 g/mol. The van der Waals surface area contributed by atoms with Crippen LogP contribution in [0.4, 0.5) is 0 Å². The largest absolute Gasteiger partial charge is 0.0845 e. The van der Waals surface area contributed by atoms with Gasteiger partial charge in [0.15, 0.2) is 0 Å². The molecule has 0 rings (SSSR count). The minimum Gasteiger partial charge on any atom is -0.0845 e. The molecular weight excluding hydrogens is 108 g/mol. The predicted octanol–water partition coefficient (Wildman–Crippen LogP) is 3.31. The van der Waals surface area contributed by atoms with Crippen molar-refractivity contribution >= 4 is 0 Å². The molecular formula is C9H16. The van der Waals surface area contributed by atoms with Crippen LogP contribution in [0.1, 0.15) is 33.6 Å². The Morgan fingerprint density at radius 2 is 2.00 bits per heavy atom. The van der Waals surface area contributed by atoms with Crippen LogP contribution in [0.25, 0.3) is 0 Å². The topological polar surface area (TPSA) is 0 Å². The van der Waals surface area contributed by atoms with Crippen molar-refractivity contribution in [2.24, 2.45) is 0 Å². The van der Waals surface area contributed by atoms with E-state index in [0.29, 0.717) is 0 Å². The highest BCUT2D eigenvalue weighted by Crippen LogP contribution is 1.92. The van der Waals surface area contributed by atoms with E-state index in [1.54, 1.807) is 0 Å². The van der Waals surface area contributed by atoms with Crippen molar-refractivity contribution in [2.45, 2.75) is 33.6 Å². The average Bonchev–Trinajstić information content (AvgIpc) is 1.80. The predicted molar refractivity (Wildman–Crippen MR) is 43.5 cm³/mol. The normalized spacial score (nSPS) is 10.1. The number of hydrogen-bond donors (Lipinski definition) is 0. The van der Waals surface area contributed by atoms with E-state index < -0.39 is 0 Å². The van der Waals surface area contributed by atoms with Crippen LogP contribution in [0.2, 0.25) is 0 Å². The monoisotopic (exact) mass is 124 g/mol. The van der Waals surface area contributed by atoms with Crippen molar-refractivity contribution in [3.8, 4) is 0 Å². The van der Waals surface area contributed by atoms with Crippen LogP contribution in [0.3, 0.4) is 0 Å². The van der Waals surface area contributed by atoms with E-state index in [2.05, 4.69) is 39.0 Å². The molecule has 0 amide bonds. The van der Waals surface area contributed by atoms with Crippen LogP contribution in [-0.4, -0.2) is 0 Å². The molecule has 0 saturated carbocycles. The first-order valence-corrected chi connectivity index (χ1v) is 3.57. The van der Waals surface area contributed by atoms with E-state index >= 15 is 0 Å². The zero-order valence-corrected chi connectivity index (χ0v) is 6.65. The van der Waals surface area contributed by atoms with Crippen LogP contribution in [-0.2, 0) is 0 Å². The highest BCUT2D eigenvalue weighted by Gasteiger charge is 1.71. The maximum atomic E-state index is 2.20. The number of unbranched alkanes of at least 4 members (excludes halogenated alkanes) is 1. The van der Waals surface area contributed by atoms with E-state index in [0.717, 1.165) is 0 Å². The van der Waals surface area contributed by atoms with Gasteiger partial charge in [-0.1, -0.05) is 37.1 Å². The van der Waals surface area contributed by atoms with Gasteiger partial charge in [-0.2, -0.15) is 0 Å². The summed E-state index contributed by atoms with van der Waals surface area (Å²) in [5.41, 5.74) is 1.36. The highest BCUT2D eigenvalue weighted by molar-refractivity contribution is 5.07. The quantitative estimate of drug-likeness (QED) is 0.506. The Bertz CT molecular complexity index is 103. The molecule has 9 heavy (non-hydrogen) atoms. The van der Waals surface area contributed by atoms with E-state index in [9.17, 15) is 0 Å². The molecule has 0 aromatic carbocycles. The van der Waals surface area contributed by atoms with Gasteiger partial charge in [-0.25, -0.2) is 0 Å². The second-order valence-electron chi connectivity index (χ2n) is 2.46. The van der Waals surface area contributed by atoms with Crippen molar-refractivity contribution in [1.82, 2.24) is 0 Å². The molecule has 0 radical (unpaired) electrons. The van der Waals surface area contributed by atoms with Crippen molar-refractivity contribution < 1.29 is 0 Å². The molecule has 0 N–H and O–H groups in total. The summed E-state index contributed by atoms with van der Waals surface area (Å²) >= 11 is 0. The molecule has 0 atom stereocenters. The maximum Gasteiger partial charge on any atom is -0.0350 e. The Morgan fingerprint density at radius 3 is 2.44 bits per heavy atom. The molecule has 0 unspecified atom stereocenters. The van der Waals surface area contributed by atoms with E-state index in [1.807, 2.05) is 0 Å². The molecule has 0 aliphatic heterocycles. The molecule has 0 aliphatic rings. The summed E-state index contributed by atoms with van der Waals surface area (Å²) in [6.07, 6.45) is 8.90. The molecule has 0 aromatic heterocycles. The lowest BCUT2D eigenvalue weighted by Gasteiger charge is -1.82. The Kier molecular flexibility index (Phi) is 5.29. The number of rotatable bonds is 3. The fraction of sp³-hybridized carbons (Fsp3) is 0.556. The standard InChI is InChI=1S/C9H16/c1-4-5-6-7-8-9(2)3/h6-8H,4-5H2,1-3H3. The van der Waals surface area contributed by atoms with Crippen molar-refractivity contribution in [3.63, 3.8) is 0 Å². The fourth-order valence-corrected chi connectivity index (χ4v) is 0.523. The first-order chi connectivity index (χ1) is 4.27. The van der Waals surface area contributed by atoms with Crippen molar-refractivity contribution in [2.75, 3.05) is 0 Å². The lowest BCUT2D eigenvalue weighted by atomic mass is 10.2. The van der Waals surface area contributed by atoms with Gasteiger partial charge in [0, 0.05) is 0 Å². The lowest BCUT2D eigenvalue weighted by molar-refractivity contribution is 0.958. The molecule has 0 heterocycles. The van der Waals surface area contributed by atoms with Gasteiger partial charge in [0.25, 0.3) is 0 Å². The van der Waals surface area contributed by atoms with Crippen LogP contribution in [0.5, 0.6) is 0 Å².